The van der Waals surface area contributed by atoms with Crippen LogP contribution in [0.3, 0.4) is 0 Å². The number of nitrogens with one attached hydrogen (secondary N) is 3. The minimum Gasteiger partial charge on any atom is -0.362 e. The topological polar surface area (TPSA) is 82.2 Å². The molecule has 0 unspecified atom stereocenters. The molecule has 32 heavy (non-hydrogen) atoms. The Hall–Kier alpha value is -2.83. The maximum absolute atomic E-state index is 12.2. The van der Waals surface area contributed by atoms with Crippen molar-refractivity contribution in [1.82, 2.24) is 20.6 Å². The molecule has 7 nitrogen and oxygen atoms in total. The summed E-state index contributed by atoms with van der Waals surface area (Å²) in [7, 11) is 4.12. The first-order valence-electron chi connectivity index (χ1n) is 12.0. The lowest BCUT2D eigenvalue weighted by Crippen LogP contribution is -2.45. The number of fused-ring (bicyclic) bond motifs is 1. The van der Waals surface area contributed by atoms with Crippen LogP contribution in [0, 0.1) is 0 Å². The Balaban J connectivity index is 1.23. The lowest BCUT2D eigenvalue weighted by atomic mass is 9.91. The van der Waals surface area contributed by atoms with E-state index in [2.05, 4.69) is 47.1 Å². The Bertz CT molecular complexity index is 893. The smallest absolute Gasteiger partial charge is 0.315 e. The Morgan fingerprint density at radius 3 is 2.47 bits per heavy atom. The Labute approximate surface area is 191 Å². The van der Waals surface area contributed by atoms with Crippen LogP contribution in [0.4, 0.5) is 16.6 Å². The number of carbonyl (C=O) groups excluding carboxylic acids is 1. The second-order valence-corrected chi connectivity index (χ2v) is 9.23. The molecule has 2 aliphatic carbocycles. The zero-order valence-corrected chi connectivity index (χ0v) is 19.4. The molecular formula is C25H36N6O. The molecule has 2 aromatic rings. The summed E-state index contributed by atoms with van der Waals surface area (Å²) in [6.07, 6.45) is 9.35. The van der Waals surface area contributed by atoms with E-state index in [0.717, 1.165) is 56.7 Å². The van der Waals surface area contributed by atoms with E-state index in [4.69, 9.17) is 9.97 Å². The standard InChI is InChI=1S/C25H36N6O/c1-31(2)23-21-10-6-7-11-22(21)29-24(30-23)27-19-12-14-20(15-13-19)28-25(32)26-17-16-18-8-4-3-5-9-18/h3-5,8-9,19-20H,6-7,10-17H2,1-2H3,(H2,26,28,32)(H,27,29,30)/t19-,20+. The van der Waals surface area contributed by atoms with Gasteiger partial charge in [-0.05, 0) is 63.4 Å². The molecule has 2 aliphatic rings. The Kier molecular flexibility index (Phi) is 7.45. The second-order valence-electron chi connectivity index (χ2n) is 9.23. The maximum Gasteiger partial charge on any atom is 0.315 e. The first-order valence-corrected chi connectivity index (χ1v) is 12.0. The first-order chi connectivity index (χ1) is 15.6. The van der Waals surface area contributed by atoms with E-state index in [1.165, 1.54) is 29.7 Å². The third-order valence-electron chi connectivity index (χ3n) is 6.52. The molecule has 0 atom stereocenters. The highest BCUT2D eigenvalue weighted by Crippen LogP contribution is 2.29. The molecule has 0 spiro atoms. The number of nitrogens with zero attached hydrogens (tertiary/aromatic N) is 3. The van der Waals surface area contributed by atoms with Crippen LogP contribution in [-0.4, -0.2) is 48.7 Å². The highest BCUT2D eigenvalue weighted by Gasteiger charge is 2.24. The SMILES string of the molecule is CN(C)c1nc(N[C@H]2CC[C@@H](NC(=O)NCCc3ccccc3)CC2)nc2c1CCCC2. The normalized spacial score (nSPS) is 20.2. The number of aryl methyl sites for hydroxylation is 1. The number of carbonyl (C=O) groups is 1. The molecule has 1 heterocycles. The number of benzene rings is 1. The van der Waals surface area contributed by atoms with E-state index in [1.807, 2.05) is 18.2 Å². The minimum absolute atomic E-state index is 0.0639. The van der Waals surface area contributed by atoms with Gasteiger partial charge in [-0.25, -0.2) is 9.78 Å². The summed E-state index contributed by atoms with van der Waals surface area (Å²) in [5.74, 6) is 1.81. The molecule has 172 valence electrons. The van der Waals surface area contributed by atoms with Gasteiger partial charge in [0.25, 0.3) is 0 Å². The Morgan fingerprint density at radius 2 is 1.72 bits per heavy atom. The van der Waals surface area contributed by atoms with Gasteiger partial charge in [0.15, 0.2) is 0 Å². The van der Waals surface area contributed by atoms with Crippen LogP contribution >= 0.6 is 0 Å². The zero-order valence-electron chi connectivity index (χ0n) is 19.4. The highest BCUT2D eigenvalue weighted by atomic mass is 16.2. The summed E-state index contributed by atoms with van der Waals surface area (Å²) >= 11 is 0. The molecule has 1 aromatic carbocycles. The number of hydrogen-bond donors (Lipinski definition) is 3. The minimum atomic E-state index is -0.0639. The van der Waals surface area contributed by atoms with E-state index < -0.39 is 0 Å². The van der Waals surface area contributed by atoms with Crippen LogP contribution in [0.1, 0.15) is 55.3 Å². The molecule has 0 radical (unpaired) electrons. The van der Waals surface area contributed by atoms with E-state index in [1.54, 1.807) is 0 Å². The number of urea groups is 1. The van der Waals surface area contributed by atoms with Gasteiger partial charge in [-0.15, -0.1) is 0 Å². The van der Waals surface area contributed by atoms with Crippen LogP contribution in [-0.2, 0) is 19.3 Å². The fourth-order valence-electron chi connectivity index (χ4n) is 4.77. The quantitative estimate of drug-likeness (QED) is 0.617. The van der Waals surface area contributed by atoms with Crippen molar-refractivity contribution in [2.24, 2.45) is 0 Å². The first kappa shape index (κ1) is 22.4. The molecule has 0 saturated heterocycles. The number of rotatable bonds is 7. The Morgan fingerprint density at radius 1 is 1.00 bits per heavy atom. The van der Waals surface area contributed by atoms with Crippen molar-refractivity contribution in [1.29, 1.82) is 0 Å². The fourth-order valence-corrected chi connectivity index (χ4v) is 4.77. The molecule has 3 N–H and O–H groups in total. The lowest BCUT2D eigenvalue weighted by molar-refractivity contribution is 0.232. The molecule has 0 bridgehead atoms. The molecule has 1 fully saturated rings. The van der Waals surface area contributed by atoms with Crippen LogP contribution in [0.5, 0.6) is 0 Å². The zero-order chi connectivity index (χ0) is 22.3. The molecule has 7 heteroatoms. The average molecular weight is 437 g/mol. The van der Waals surface area contributed by atoms with E-state index >= 15 is 0 Å². The van der Waals surface area contributed by atoms with Gasteiger partial charge < -0.3 is 20.9 Å². The summed E-state index contributed by atoms with van der Waals surface area (Å²) in [6.45, 7) is 0.649. The monoisotopic (exact) mass is 436 g/mol. The van der Waals surface area contributed by atoms with Gasteiger partial charge in [0.2, 0.25) is 5.95 Å². The molecule has 2 amide bonds. The van der Waals surface area contributed by atoms with Gasteiger partial charge in [0.05, 0.1) is 5.69 Å². The highest BCUT2D eigenvalue weighted by molar-refractivity contribution is 5.74. The number of hydrogen-bond acceptors (Lipinski definition) is 5. The summed E-state index contributed by atoms with van der Waals surface area (Å²) in [4.78, 5) is 24.0. The van der Waals surface area contributed by atoms with Crippen molar-refractivity contribution in [3.63, 3.8) is 0 Å². The lowest BCUT2D eigenvalue weighted by Gasteiger charge is -2.30. The van der Waals surface area contributed by atoms with Crippen LogP contribution in [0.15, 0.2) is 30.3 Å². The molecule has 4 rings (SSSR count). The van der Waals surface area contributed by atoms with Gasteiger partial charge in [0, 0.05) is 38.3 Å². The fraction of sp³-hybridized carbons (Fsp3) is 0.560. The van der Waals surface area contributed by atoms with Crippen LogP contribution < -0.4 is 20.9 Å². The molecular weight excluding hydrogens is 400 g/mol. The molecule has 0 aliphatic heterocycles. The summed E-state index contributed by atoms with van der Waals surface area (Å²) < 4.78 is 0. The van der Waals surface area contributed by atoms with E-state index in [9.17, 15) is 4.79 Å². The van der Waals surface area contributed by atoms with E-state index in [0.29, 0.717) is 12.6 Å². The summed E-state index contributed by atoms with van der Waals surface area (Å²) in [5, 5.41) is 9.70. The van der Waals surface area contributed by atoms with Crippen molar-refractivity contribution in [2.45, 2.75) is 69.9 Å². The predicted octanol–water partition coefficient (Wildman–Crippen LogP) is 3.69. The molecule has 1 saturated carbocycles. The van der Waals surface area contributed by atoms with Crippen molar-refractivity contribution in [3.05, 3.63) is 47.2 Å². The third kappa shape index (κ3) is 5.90. The summed E-state index contributed by atoms with van der Waals surface area (Å²) in [5.41, 5.74) is 3.76. The molecule has 1 aromatic heterocycles. The second kappa shape index (κ2) is 10.7. The summed E-state index contributed by atoms with van der Waals surface area (Å²) in [6, 6.07) is 10.7. The van der Waals surface area contributed by atoms with Gasteiger partial charge in [-0.3, -0.25) is 0 Å². The van der Waals surface area contributed by atoms with Crippen molar-refractivity contribution in [2.75, 3.05) is 30.9 Å². The largest absolute Gasteiger partial charge is 0.362 e. The van der Waals surface area contributed by atoms with Crippen molar-refractivity contribution >= 4 is 17.8 Å². The van der Waals surface area contributed by atoms with Crippen LogP contribution in [0.2, 0.25) is 0 Å². The van der Waals surface area contributed by atoms with Gasteiger partial charge in [0.1, 0.15) is 5.82 Å². The van der Waals surface area contributed by atoms with Gasteiger partial charge in [-0.2, -0.15) is 4.98 Å². The van der Waals surface area contributed by atoms with Crippen molar-refractivity contribution < 1.29 is 4.79 Å². The maximum atomic E-state index is 12.2. The van der Waals surface area contributed by atoms with Gasteiger partial charge >= 0.3 is 6.03 Å². The number of amides is 2. The number of aromatic nitrogens is 2. The predicted molar refractivity (Wildman–Crippen MR) is 129 cm³/mol. The number of anilines is 2. The van der Waals surface area contributed by atoms with Gasteiger partial charge in [-0.1, -0.05) is 30.3 Å². The van der Waals surface area contributed by atoms with Crippen molar-refractivity contribution in [3.8, 4) is 0 Å². The third-order valence-corrected chi connectivity index (χ3v) is 6.52. The average Bonchev–Trinajstić information content (AvgIpc) is 2.80. The van der Waals surface area contributed by atoms with Crippen LogP contribution in [0.25, 0.3) is 0 Å². The van der Waals surface area contributed by atoms with E-state index in [-0.39, 0.29) is 12.1 Å².